The smallest absolute Gasteiger partial charge is 0.335 e. The molecular weight excluding hydrogens is 232 g/mol. The summed E-state index contributed by atoms with van der Waals surface area (Å²) in [6.45, 7) is 8.26. The highest BCUT2D eigenvalue weighted by Crippen LogP contribution is 2.26. The van der Waals surface area contributed by atoms with Crippen molar-refractivity contribution in [3.8, 4) is 5.75 Å². The zero-order chi connectivity index (χ0) is 13.8. The van der Waals surface area contributed by atoms with Gasteiger partial charge in [0.15, 0.2) is 0 Å². The molecule has 4 heteroatoms. The Morgan fingerprint density at radius 3 is 2.22 bits per heavy atom. The Labute approximate surface area is 106 Å². The molecule has 0 N–H and O–H groups in total. The van der Waals surface area contributed by atoms with Gasteiger partial charge >= 0.3 is 11.9 Å². The Kier molecular flexibility index (Phi) is 4.26. The summed E-state index contributed by atoms with van der Waals surface area (Å²) >= 11 is 0. The summed E-state index contributed by atoms with van der Waals surface area (Å²) in [5.41, 5.74) is 0.100. The zero-order valence-corrected chi connectivity index (χ0v) is 10.7. The van der Waals surface area contributed by atoms with E-state index in [-0.39, 0.29) is 5.97 Å². The summed E-state index contributed by atoms with van der Waals surface area (Å²) in [6.07, 6.45) is 1.09. The maximum absolute atomic E-state index is 11.0. The minimum Gasteiger partial charge on any atom is -0.455 e. The van der Waals surface area contributed by atoms with E-state index in [1.807, 2.05) is 0 Å². The monoisotopic (exact) mass is 248 g/mol. The molecule has 0 amide bonds. The first-order valence-electron chi connectivity index (χ1n) is 5.49. The van der Waals surface area contributed by atoms with E-state index in [9.17, 15) is 9.59 Å². The van der Waals surface area contributed by atoms with Gasteiger partial charge in [0.25, 0.3) is 0 Å². The van der Waals surface area contributed by atoms with Gasteiger partial charge in [-0.25, -0.2) is 4.79 Å². The van der Waals surface area contributed by atoms with Crippen molar-refractivity contribution < 1.29 is 19.1 Å². The van der Waals surface area contributed by atoms with E-state index in [0.717, 1.165) is 11.6 Å². The summed E-state index contributed by atoms with van der Waals surface area (Å²) in [4.78, 5) is 22.0. The van der Waals surface area contributed by atoms with Crippen LogP contribution in [-0.2, 0) is 19.9 Å². The van der Waals surface area contributed by atoms with E-state index in [4.69, 9.17) is 9.47 Å². The van der Waals surface area contributed by atoms with Gasteiger partial charge in [-0.2, -0.15) is 0 Å². The van der Waals surface area contributed by atoms with Crippen molar-refractivity contribution >= 4 is 11.9 Å². The van der Waals surface area contributed by atoms with Crippen LogP contribution < -0.4 is 4.74 Å². The van der Waals surface area contributed by atoms with Gasteiger partial charge in [0, 0.05) is 13.0 Å². The quantitative estimate of drug-likeness (QED) is 0.467. The summed E-state index contributed by atoms with van der Waals surface area (Å²) in [5, 5.41) is 0. The van der Waals surface area contributed by atoms with E-state index in [1.165, 1.54) is 6.92 Å². The number of carbonyl (C=O) groups is 2. The lowest BCUT2D eigenvalue weighted by Gasteiger charge is -2.25. The van der Waals surface area contributed by atoms with Gasteiger partial charge in [-0.3, -0.25) is 4.79 Å². The standard InChI is InChI=1S/C14H16O4/c1-5-13(16)17-12-8-6-11(7-9-12)14(3,4)18-10(2)15/h5-9H,1H2,2-4H3. The molecule has 0 fully saturated rings. The van der Waals surface area contributed by atoms with E-state index in [0.29, 0.717) is 5.75 Å². The van der Waals surface area contributed by atoms with Crippen LogP contribution in [0.4, 0.5) is 0 Å². The zero-order valence-electron chi connectivity index (χ0n) is 10.7. The van der Waals surface area contributed by atoms with Crippen molar-refractivity contribution in [3.05, 3.63) is 42.5 Å². The maximum atomic E-state index is 11.0. The topological polar surface area (TPSA) is 52.6 Å². The summed E-state index contributed by atoms with van der Waals surface area (Å²) in [7, 11) is 0. The fraction of sp³-hybridized carbons (Fsp3) is 0.286. The van der Waals surface area contributed by atoms with E-state index >= 15 is 0 Å². The SMILES string of the molecule is C=CC(=O)Oc1ccc(C(C)(C)OC(C)=O)cc1. The molecule has 0 radical (unpaired) electrons. The van der Waals surface area contributed by atoms with Gasteiger partial charge < -0.3 is 9.47 Å². The Morgan fingerprint density at radius 2 is 1.78 bits per heavy atom. The van der Waals surface area contributed by atoms with Crippen LogP contribution in [0.15, 0.2) is 36.9 Å². The molecule has 0 unspecified atom stereocenters. The molecule has 1 aromatic rings. The molecule has 0 aliphatic heterocycles. The fourth-order valence-electron chi connectivity index (χ4n) is 1.50. The molecule has 1 aromatic carbocycles. The van der Waals surface area contributed by atoms with E-state index in [2.05, 4.69) is 6.58 Å². The van der Waals surface area contributed by atoms with Crippen molar-refractivity contribution in [1.29, 1.82) is 0 Å². The second-order valence-corrected chi connectivity index (χ2v) is 4.25. The second-order valence-electron chi connectivity index (χ2n) is 4.25. The molecule has 0 aliphatic rings. The Morgan fingerprint density at radius 1 is 1.22 bits per heavy atom. The first-order chi connectivity index (χ1) is 8.35. The fourth-order valence-corrected chi connectivity index (χ4v) is 1.50. The normalized spacial score (nSPS) is 10.6. The maximum Gasteiger partial charge on any atom is 0.335 e. The minimum atomic E-state index is -0.715. The Bertz CT molecular complexity index is 457. The summed E-state index contributed by atoms with van der Waals surface area (Å²) in [6, 6.07) is 6.77. The van der Waals surface area contributed by atoms with Gasteiger partial charge in [-0.1, -0.05) is 18.7 Å². The number of rotatable bonds is 4. The molecule has 0 aromatic heterocycles. The van der Waals surface area contributed by atoms with Crippen LogP contribution in [0.1, 0.15) is 26.3 Å². The first-order valence-corrected chi connectivity index (χ1v) is 5.49. The van der Waals surface area contributed by atoms with Crippen LogP contribution in [0.2, 0.25) is 0 Å². The van der Waals surface area contributed by atoms with Crippen molar-refractivity contribution in [1.82, 2.24) is 0 Å². The lowest BCUT2D eigenvalue weighted by Crippen LogP contribution is -2.24. The number of esters is 2. The van der Waals surface area contributed by atoms with E-state index < -0.39 is 11.6 Å². The highest BCUT2D eigenvalue weighted by Gasteiger charge is 2.23. The molecule has 0 bridgehead atoms. The summed E-state index contributed by atoms with van der Waals surface area (Å²) in [5.74, 6) is -0.438. The predicted molar refractivity (Wildman–Crippen MR) is 67.1 cm³/mol. The van der Waals surface area contributed by atoms with Crippen LogP contribution >= 0.6 is 0 Å². The van der Waals surface area contributed by atoms with Crippen LogP contribution in [0, 0.1) is 0 Å². The highest BCUT2D eigenvalue weighted by atomic mass is 16.6. The number of hydrogen-bond donors (Lipinski definition) is 0. The minimum absolute atomic E-state index is 0.345. The molecule has 0 aliphatic carbocycles. The van der Waals surface area contributed by atoms with Crippen LogP contribution in [0.3, 0.4) is 0 Å². The highest BCUT2D eigenvalue weighted by molar-refractivity contribution is 5.83. The largest absolute Gasteiger partial charge is 0.455 e. The average Bonchev–Trinajstić information content (AvgIpc) is 2.28. The van der Waals surface area contributed by atoms with Crippen molar-refractivity contribution in [2.75, 3.05) is 0 Å². The molecule has 1 rings (SSSR count). The molecule has 18 heavy (non-hydrogen) atoms. The third-order valence-electron chi connectivity index (χ3n) is 2.33. The lowest BCUT2D eigenvalue weighted by atomic mass is 9.98. The molecule has 0 saturated carbocycles. The molecule has 0 heterocycles. The second kappa shape index (κ2) is 5.49. The third-order valence-corrected chi connectivity index (χ3v) is 2.33. The van der Waals surface area contributed by atoms with Gasteiger partial charge in [0.1, 0.15) is 11.4 Å². The molecule has 0 atom stereocenters. The van der Waals surface area contributed by atoms with Gasteiger partial charge in [0.05, 0.1) is 0 Å². The van der Waals surface area contributed by atoms with Crippen molar-refractivity contribution in [2.24, 2.45) is 0 Å². The van der Waals surface area contributed by atoms with Crippen molar-refractivity contribution in [3.63, 3.8) is 0 Å². The van der Waals surface area contributed by atoms with Crippen LogP contribution in [0.5, 0.6) is 5.75 Å². The van der Waals surface area contributed by atoms with E-state index in [1.54, 1.807) is 38.1 Å². The average molecular weight is 248 g/mol. The summed E-state index contributed by atoms with van der Waals surface area (Å²) < 4.78 is 10.2. The number of ether oxygens (including phenoxy) is 2. The molecule has 0 saturated heterocycles. The molecule has 96 valence electrons. The van der Waals surface area contributed by atoms with Gasteiger partial charge in [-0.15, -0.1) is 0 Å². The van der Waals surface area contributed by atoms with Gasteiger partial charge in [0.2, 0.25) is 0 Å². The molecular formula is C14H16O4. The Balaban J connectivity index is 2.85. The number of hydrogen-bond acceptors (Lipinski definition) is 4. The first kappa shape index (κ1) is 14.0. The molecule has 0 spiro atoms. The third kappa shape index (κ3) is 3.73. The number of benzene rings is 1. The predicted octanol–water partition coefficient (Wildman–Crippen LogP) is 2.58. The lowest BCUT2D eigenvalue weighted by molar-refractivity contribution is -0.154. The van der Waals surface area contributed by atoms with Crippen molar-refractivity contribution in [2.45, 2.75) is 26.4 Å². The Hall–Kier alpha value is -2.10. The van der Waals surface area contributed by atoms with Crippen LogP contribution in [0.25, 0.3) is 0 Å². The van der Waals surface area contributed by atoms with Gasteiger partial charge in [-0.05, 0) is 31.5 Å². The molecule has 4 nitrogen and oxygen atoms in total. The van der Waals surface area contributed by atoms with Crippen LogP contribution in [-0.4, -0.2) is 11.9 Å². The number of carbonyl (C=O) groups excluding carboxylic acids is 2.